The van der Waals surface area contributed by atoms with Crippen molar-refractivity contribution in [3.8, 4) is 0 Å². The summed E-state index contributed by atoms with van der Waals surface area (Å²) in [6, 6.07) is 1.91. The highest BCUT2D eigenvalue weighted by molar-refractivity contribution is 6.30. The third-order valence-corrected chi connectivity index (χ3v) is 1.72. The SMILES string of the molecule is Cc1ncc(Cl)cc1N(C)C. The lowest BCUT2D eigenvalue weighted by atomic mass is 10.3. The molecule has 0 aromatic carbocycles. The highest BCUT2D eigenvalue weighted by Gasteiger charge is 2.01. The van der Waals surface area contributed by atoms with Crippen LogP contribution in [0.5, 0.6) is 0 Å². The van der Waals surface area contributed by atoms with E-state index in [9.17, 15) is 0 Å². The molecule has 2 nitrogen and oxygen atoms in total. The van der Waals surface area contributed by atoms with Crippen molar-refractivity contribution in [2.75, 3.05) is 19.0 Å². The van der Waals surface area contributed by atoms with Crippen LogP contribution in [0.25, 0.3) is 0 Å². The van der Waals surface area contributed by atoms with Gasteiger partial charge in [-0.25, -0.2) is 0 Å². The van der Waals surface area contributed by atoms with E-state index in [4.69, 9.17) is 11.6 Å². The Morgan fingerprint density at radius 3 is 2.55 bits per heavy atom. The summed E-state index contributed by atoms with van der Waals surface area (Å²) in [7, 11) is 3.95. The van der Waals surface area contributed by atoms with Crippen molar-refractivity contribution in [3.05, 3.63) is 23.0 Å². The minimum absolute atomic E-state index is 0.680. The Morgan fingerprint density at radius 2 is 2.09 bits per heavy atom. The third-order valence-electron chi connectivity index (χ3n) is 1.51. The van der Waals surface area contributed by atoms with E-state index >= 15 is 0 Å². The first-order chi connectivity index (χ1) is 5.11. The molecule has 0 unspecified atom stereocenters. The number of pyridine rings is 1. The van der Waals surface area contributed by atoms with E-state index in [1.54, 1.807) is 6.20 Å². The highest BCUT2D eigenvalue weighted by atomic mass is 35.5. The first-order valence-corrected chi connectivity index (χ1v) is 3.78. The van der Waals surface area contributed by atoms with Crippen LogP contribution in [0.15, 0.2) is 12.3 Å². The number of halogens is 1. The van der Waals surface area contributed by atoms with Gasteiger partial charge in [-0.2, -0.15) is 0 Å². The van der Waals surface area contributed by atoms with Gasteiger partial charge in [-0.05, 0) is 13.0 Å². The van der Waals surface area contributed by atoms with Crippen LogP contribution < -0.4 is 4.90 Å². The van der Waals surface area contributed by atoms with Crippen molar-refractivity contribution in [2.24, 2.45) is 0 Å². The molecule has 0 saturated heterocycles. The molecule has 0 radical (unpaired) electrons. The maximum atomic E-state index is 5.77. The first kappa shape index (κ1) is 8.34. The van der Waals surface area contributed by atoms with E-state index in [0.29, 0.717) is 5.02 Å². The Labute approximate surface area is 71.8 Å². The Morgan fingerprint density at radius 1 is 1.45 bits per heavy atom. The molecular weight excluding hydrogens is 160 g/mol. The van der Waals surface area contributed by atoms with Gasteiger partial charge in [-0.1, -0.05) is 11.6 Å². The molecule has 3 heteroatoms. The summed E-state index contributed by atoms with van der Waals surface area (Å²) < 4.78 is 0. The zero-order chi connectivity index (χ0) is 8.43. The van der Waals surface area contributed by atoms with Crippen LogP contribution in [0.4, 0.5) is 5.69 Å². The van der Waals surface area contributed by atoms with Crippen LogP contribution in [0.3, 0.4) is 0 Å². The second kappa shape index (κ2) is 3.09. The van der Waals surface area contributed by atoms with Gasteiger partial charge < -0.3 is 4.90 Å². The van der Waals surface area contributed by atoms with E-state index in [1.165, 1.54) is 0 Å². The van der Waals surface area contributed by atoms with Crippen molar-refractivity contribution in [2.45, 2.75) is 6.92 Å². The second-order valence-corrected chi connectivity index (χ2v) is 3.09. The predicted molar refractivity (Wildman–Crippen MR) is 48.3 cm³/mol. The van der Waals surface area contributed by atoms with Crippen LogP contribution in [-0.4, -0.2) is 19.1 Å². The number of aryl methyl sites for hydroxylation is 1. The minimum atomic E-state index is 0.680. The van der Waals surface area contributed by atoms with Crippen LogP contribution >= 0.6 is 11.6 Å². The number of hydrogen-bond donors (Lipinski definition) is 0. The van der Waals surface area contributed by atoms with Gasteiger partial charge in [0.2, 0.25) is 0 Å². The van der Waals surface area contributed by atoms with Gasteiger partial charge in [-0.15, -0.1) is 0 Å². The molecule has 0 bridgehead atoms. The molecule has 0 aliphatic rings. The molecule has 0 N–H and O–H groups in total. The standard InChI is InChI=1S/C8H11ClN2/c1-6-8(11(2)3)4-7(9)5-10-6/h4-5H,1-3H3. The summed E-state index contributed by atoms with van der Waals surface area (Å²) in [6.07, 6.45) is 1.66. The van der Waals surface area contributed by atoms with Gasteiger partial charge in [0.25, 0.3) is 0 Å². The summed E-state index contributed by atoms with van der Waals surface area (Å²) in [4.78, 5) is 6.12. The van der Waals surface area contributed by atoms with Crippen LogP contribution in [0.1, 0.15) is 5.69 Å². The van der Waals surface area contributed by atoms with Crippen molar-refractivity contribution in [1.29, 1.82) is 0 Å². The summed E-state index contributed by atoms with van der Waals surface area (Å²) in [5.74, 6) is 0. The number of nitrogens with zero attached hydrogens (tertiary/aromatic N) is 2. The first-order valence-electron chi connectivity index (χ1n) is 3.40. The molecule has 1 aromatic heterocycles. The largest absolute Gasteiger partial charge is 0.376 e. The molecule has 0 fully saturated rings. The molecule has 0 atom stereocenters. The lowest BCUT2D eigenvalue weighted by Crippen LogP contribution is -2.10. The molecule has 0 saturated carbocycles. The Hall–Kier alpha value is -0.760. The van der Waals surface area contributed by atoms with Gasteiger partial charge in [0.05, 0.1) is 16.4 Å². The zero-order valence-electron chi connectivity index (χ0n) is 6.93. The molecule has 0 aliphatic heterocycles. The zero-order valence-corrected chi connectivity index (χ0v) is 7.68. The molecule has 0 spiro atoms. The topological polar surface area (TPSA) is 16.1 Å². The average molecular weight is 171 g/mol. The van der Waals surface area contributed by atoms with Crippen LogP contribution in [0.2, 0.25) is 5.02 Å². The van der Waals surface area contributed by atoms with Gasteiger partial charge >= 0.3 is 0 Å². The summed E-state index contributed by atoms with van der Waals surface area (Å²) in [5, 5.41) is 0.680. The normalized spacial score (nSPS) is 9.82. The number of hydrogen-bond acceptors (Lipinski definition) is 2. The molecule has 1 heterocycles. The third kappa shape index (κ3) is 1.84. The van der Waals surface area contributed by atoms with Crippen molar-refractivity contribution >= 4 is 17.3 Å². The van der Waals surface area contributed by atoms with Crippen LogP contribution in [0, 0.1) is 6.92 Å². The van der Waals surface area contributed by atoms with Crippen molar-refractivity contribution in [3.63, 3.8) is 0 Å². The molecule has 1 aromatic rings. The van der Waals surface area contributed by atoms with E-state index in [1.807, 2.05) is 32.0 Å². The quantitative estimate of drug-likeness (QED) is 0.642. The molecule has 60 valence electrons. The van der Waals surface area contributed by atoms with Crippen molar-refractivity contribution in [1.82, 2.24) is 4.98 Å². The fourth-order valence-corrected chi connectivity index (χ4v) is 1.10. The Kier molecular flexibility index (Phi) is 2.35. The van der Waals surface area contributed by atoms with Crippen molar-refractivity contribution < 1.29 is 0 Å². The fourth-order valence-electron chi connectivity index (χ4n) is 0.950. The monoisotopic (exact) mass is 170 g/mol. The van der Waals surface area contributed by atoms with Gasteiger partial charge in [0, 0.05) is 20.3 Å². The average Bonchev–Trinajstić information content (AvgIpc) is 1.94. The van der Waals surface area contributed by atoms with Gasteiger partial charge in [-0.3, -0.25) is 4.98 Å². The highest BCUT2D eigenvalue weighted by Crippen LogP contribution is 2.19. The van der Waals surface area contributed by atoms with Crippen LogP contribution in [-0.2, 0) is 0 Å². The minimum Gasteiger partial charge on any atom is -0.376 e. The predicted octanol–water partition coefficient (Wildman–Crippen LogP) is 2.11. The lowest BCUT2D eigenvalue weighted by Gasteiger charge is -2.14. The molecular formula is C8H11ClN2. The van der Waals surface area contributed by atoms with E-state index < -0.39 is 0 Å². The molecule has 0 amide bonds. The summed E-state index contributed by atoms with van der Waals surface area (Å²) in [5.41, 5.74) is 2.07. The van der Waals surface area contributed by atoms with E-state index in [-0.39, 0.29) is 0 Å². The second-order valence-electron chi connectivity index (χ2n) is 2.65. The lowest BCUT2D eigenvalue weighted by molar-refractivity contribution is 1.07. The fraction of sp³-hybridized carbons (Fsp3) is 0.375. The molecule has 0 aliphatic carbocycles. The maximum absolute atomic E-state index is 5.77. The van der Waals surface area contributed by atoms with E-state index in [2.05, 4.69) is 4.98 Å². The van der Waals surface area contributed by atoms with Gasteiger partial charge in [0.1, 0.15) is 0 Å². The maximum Gasteiger partial charge on any atom is 0.0610 e. The Balaban J connectivity index is 3.13. The summed E-state index contributed by atoms with van der Waals surface area (Å²) >= 11 is 5.77. The number of rotatable bonds is 1. The van der Waals surface area contributed by atoms with E-state index in [0.717, 1.165) is 11.4 Å². The number of aromatic nitrogens is 1. The summed E-state index contributed by atoms with van der Waals surface area (Å²) in [6.45, 7) is 1.96. The molecule has 11 heavy (non-hydrogen) atoms. The Bertz CT molecular complexity index is 258. The number of anilines is 1. The molecule has 1 rings (SSSR count). The smallest absolute Gasteiger partial charge is 0.0610 e. The van der Waals surface area contributed by atoms with Gasteiger partial charge in [0.15, 0.2) is 0 Å².